The van der Waals surface area contributed by atoms with Gasteiger partial charge in [0, 0.05) is 10.6 Å². The van der Waals surface area contributed by atoms with Crippen LogP contribution in [0.2, 0.25) is 0 Å². The van der Waals surface area contributed by atoms with Crippen molar-refractivity contribution in [1.82, 2.24) is 5.32 Å². The summed E-state index contributed by atoms with van der Waals surface area (Å²) in [6.07, 6.45) is 0. The quantitative estimate of drug-likeness (QED) is 0.551. The summed E-state index contributed by atoms with van der Waals surface area (Å²) in [7, 11) is 0. The normalized spacial score (nSPS) is 11.5. The van der Waals surface area contributed by atoms with Crippen molar-refractivity contribution in [3.63, 3.8) is 0 Å². The molecule has 0 aliphatic carbocycles. The molecule has 3 rings (SSSR count). The van der Waals surface area contributed by atoms with Crippen molar-refractivity contribution >= 4 is 29.3 Å². The van der Waals surface area contributed by atoms with Gasteiger partial charge in [0.2, 0.25) is 11.8 Å². The van der Waals surface area contributed by atoms with Crippen molar-refractivity contribution < 1.29 is 9.59 Å². The van der Waals surface area contributed by atoms with E-state index in [4.69, 9.17) is 0 Å². The van der Waals surface area contributed by atoms with E-state index in [9.17, 15) is 9.59 Å². The fourth-order valence-electron chi connectivity index (χ4n) is 2.99. The highest BCUT2D eigenvalue weighted by molar-refractivity contribution is 8.00. The van der Waals surface area contributed by atoms with Crippen LogP contribution in [0.3, 0.4) is 0 Å². The number of carbonyl (C=O) groups is 2. The molecular formula is C24H24N2O2S. The zero-order valence-electron chi connectivity index (χ0n) is 16.5. The molecule has 2 amide bonds. The van der Waals surface area contributed by atoms with Crippen LogP contribution in [-0.4, -0.2) is 18.4 Å². The number of aryl methyl sites for hydroxylation is 2. The first-order valence-corrected chi connectivity index (χ1v) is 10.3. The molecule has 0 unspecified atom stereocenters. The molecule has 1 atom stereocenters. The summed E-state index contributed by atoms with van der Waals surface area (Å²) in [4.78, 5) is 26.3. The van der Waals surface area contributed by atoms with Crippen molar-refractivity contribution in [2.45, 2.75) is 24.0 Å². The topological polar surface area (TPSA) is 58.2 Å². The van der Waals surface area contributed by atoms with Gasteiger partial charge in [0.15, 0.2) is 0 Å². The molecule has 4 nitrogen and oxygen atoms in total. The van der Waals surface area contributed by atoms with E-state index in [2.05, 4.69) is 10.6 Å². The Balaban J connectivity index is 1.67. The van der Waals surface area contributed by atoms with E-state index in [0.29, 0.717) is 0 Å². The number of anilines is 1. The van der Waals surface area contributed by atoms with E-state index in [1.54, 1.807) is 0 Å². The Labute approximate surface area is 175 Å². The predicted molar refractivity (Wildman–Crippen MR) is 119 cm³/mol. The molecule has 0 aromatic heterocycles. The number of amides is 2. The predicted octanol–water partition coefficient (Wildman–Crippen LogP) is 4.89. The maximum absolute atomic E-state index is 12.9. The second-order valence-corrected chi connectivity index (χ2v) is 7.93. The zero-order valence-corrected chi connectivity index (χ0v) is 17.3. The number of nitrogens with one attached hydrogen (secondary N) is 2. The highest BCUT2D eigenvalue weighted by Crippen LogP contribution is 2.35. The highest BCUT2D eigenvalue weighted by atomic mass is 32.2. The summed E-state index contributed by atoms with van der Waals surface area (Å²) in [5.41, 5.74) is 3.68. The molecule has 0 saturated heterocycles. The first-order valence-electron chi connectivity index (χ1n) is 9.45. The van der Waals surface area contributed by atoms with E-state index in [-0.39, 0.29) is 18.4 Å². The zero-order chi connectivity index (χ0) is 20.6. The Hall–Kier alpha value is -3.05. The molecule has 3 aromatic rings. The Bertz CT molecular complexity index is 954. The second kappa shape index (κ2) is 9.94. The van der Waals surface area contributed by atoms with Crippen LogP contribution in [0.5, 0.6) is 0 Å². The molecule has 29 heavy (non-hydrogen) atoms. The van der Waals surface area contributed by atoms with Crippen LogP contribution in [0.15, 0.2) is 83.8 Å². The van der Waals surface area contributed by atoms with Gasteiger partial charge >= 0.3 is 0 Å². The molecule has 5 heteroatoms. The van der Waals surface area contributed by atoms with Gasteiger partial charge in [-0.2, -0.15) is 0 Å². The van der Waals surface area contributed by atoms with Crippen LogP contribution in [0.1, 0.15) is 21.9 Å². The van der Waals surface area contributed by atoms with Crippen molar-refractivity contribution in [3.05, 3.63) is 95.6 Å². The van der Waals surface area contributed by atoms with Crippen LogP contribution in [0, 0.1) is 13.8 Å². The van der Waals surface area contributed by atoms with Gasteiger partial charge in [-0.1, -0.05) is 66.7 Å². The largest absolute Gasteiger partial charge is 0.346 e. The summed E-state index contributed by atoms with van der Waals surface area (Å²) in [6, 6.07) is 25.2. The third-order valence-electron chi connectivity index (χ3n) is 4.51. The Kier molecular flexibility index (Phi) is 7.09. The summed E-state index contributed by atoms with van der Waals surface area (Å²) in [5.74, 6) is -0.436. The maximum atomic E-state index is 12.9. The molecule has 0 radical (unpaired) electrons. The lowest BCUT2D eigenvalue weighted by Gasteiger charge is -2.17. The number of hydrogen-bond donors (Lipinski definition) is 2. The smallest absolute Gasteiger partial charge is 0.243 e. The Morgan fingerprint density at radius 3 is 2.03 bits per heavy atom. The molecule has 3 aromatic carbocycles. The minimum absolute atomic E-state index is 0.0781. The lowest BCUT2D eigenvalue weighted by atomic mass is 10.1. The van der Waals surface area contributed by atoms with E-state index in [1.165, 1.54) is 11.8 Å². The monoisotopic (exact) mass is 404 g/mol. The van der Waals surface area contributed by atoms with Gasteiger partial charge in [0.25, 0.3) is 0 Å². The molecule has 148 valence electrons. The van der Waals surface area contributed by atoms with Crippen LogP contribution < -0.4 is 10.6 Å². The third kappa shape index (κ3) is 5.72. The number of rotatable bonds is 7. The van der Waals surface area contributed by atoms with Crippen molar-refractivity contribution in [3.8, 4) is 0 Å². The van der Waals surface area contributed by atoms with Gasteiger partial charge in [-0.3, -0.25) is 9.59 Å². The van der Waals surface area contributed by atoms with Gasteiger partial charge in [-0.15, -0.1) is 11.8 Å². The average molecular weight is 405 g/mol. The standard InChI is InChI=1S/C24H24N2O2S/c1-17-10-9-11-18(2)22(17)26-21(27)16-25-24(28)23(19-12-5-3-6-13-19)29-20-14-7-4-8-15-20/h3-15,23H,16H2,1-2H3,(H,25,28)(H,26,27)/t23-/m1/s1. The van der Waals surface area contributed by atoms with Crippen molar-refractivity contribution in [1.29, 1.82) is 0 Å². The lowest BCUT2D eigenvalue weighted by Crippen LogP contribution is -2.35. The van der Waals surface area contributed by atoms with Crippen LogP contribution >= 0.6 is 11.8 Å². The molecule has 0 bridgehead atoms. The summed E-state index contributed by atoms with van der Waals surface area (Å²) in [5, 5.41) is 5.25. The van der Waals surface area contributed by atoms with E-state index < -0.39 is 5.25 Å². The summed E-state index contributed by atoms with van der Waals surface area (Å²) in [6.45, 7) is 3.82. The highest BCUT2D eigenvalue weighted by Gasteiger charge is 2.22. The summed E-state index contributed by atoms with van der Waals surface area (Å²) < 4.78 is 0. The first-order chi connectivity index (χ1) is 14.0. The van der Waals surface area contributed by atoms with Crippen LogP contribution in [0.25, 0.3) is 0 Å². The van der Waals surface area contributed by atoms with Crippen molar-refractivity contribution in [2.24, 2.45) is 0 Å². The maximum Gasteiger partial charge on any atom is 0.243 e. The molecule has 0 aliphatic heterocycles. The number of benzene rings is 3. The SMILES string of the molecule is Cc1cccc(C)c1NC(=O)CNC(=O)[C@H](Sc1ccccc1)c1ccccc1. The van der Waals surface area contributed by atoms with Crippen LogP contribution in [0.4, 0.5) is 5.69 Å². The molecule has 0 heterocycles. The van der Waals surface area contributed by atoms with Gasteiger partial charge in [-0.05, 0) is 42.7 Å². The number of para-hydroxylation sites is 1. The number of carbonyl (C=O) groups excluding carboxylic acids is 2. The first kappa shape index (κ1) is 20.7. The van der Waals surface area contributed by atoms with E-state index in [0.717, 1.165) is 27.3 Å². The average Bonchev–Trinajstić information content (AvgIpc) is 2.74. The van der Waals surface area contributed by atoms with Gasteiger partial charge in [-0.25, -0.2) is 0 Å². The fourth-order valence-corrected chi connectivity index (χ4v) is 4.06. The molecule has 0 saturated carbocycles. The van der Waals surface area contributed by atoms with Gasteiger partial charge < -0.3 is 10.6 Å². The Morgan fingerprint density at radius 1 is 0.828 bits per heavy atom. The molecular weight excluding hydrogens is 380 g/mol. The van der Waals surface area contributed by atoms with Crippen LogP contribution in [-0.2, 0) is 9.59 Å². The van der Waals surface area contributed by atoms with E-state index >= 15 is 0 Å². The van der Waals surface area contributed by atoms with Gasteiger partial charge in [0.05, 0.1) is 6.54 Å². The summed E-state index contributed by atoms with van der Waals surface area (Å²) >= 11 is 1.47. The minimum Gasteiger partial charge on any atom is -0.346 e. The molecule has 0 aliphatic rings. The van der Waals surface area contributed by atoms with Crippen molar-refractivity contribution in [2.75, 3.05) is 11.9 Å². The molecule has 0 spiro atoms. The lowest BCUT2D eigenvalue weighted by molar-refractivity contribution is -0.123. The number of thioether (sulfide) groups is 1. The third-order valence-corrected chi connectivity index (χ3v) is 5.77. The van der Waals surface area contributed by atoms with Gasteiger partial charge in [0.1, 0.15) is 5.25 Å². The Morgan fingerprint density at radius 2 is 1.41 bits per heavy atom. The molecule has 0 fully saturated rings. The van der Waals surface area contributed by atoms with E-state index in [1.807, 2.05) is 92.7 Å². The fraction of sp³-hybridized carbons (Fsp3) is 0.167. The second-order valence-electron chi connectivity index (χ2n) is 6.75. The minimum atomic E-state index is -0.438. The number of hydrogen-bond acceptors (Lipinski definition) is 3. The molecule has 2 N–H and O–H groups in total.